The van der Waals surface area contributed by atoms with Crippen LogP contribution in [0.4, 0.5) is 5.69 Å². The highest BCUT2D eigenvalue weighted by molar-refractivity contribution is 5.52. The van der Waals surface area contributed by atoms with E-state index in [-0.39, 0.29) is 0 Å². The van der Waals surface area contributed by atoms with Gasteiger partial charge in [0.15, 0.2) is 0 Å². The molecule has 0 saturated heterocycles. The van der Waals surface area contributed by atoms with Crippen LogP contribution in [0, 0.1) is 13.8 Å². The summed E-state index contributed by atoms with van der Waals surface area (Å²) in [5.41, 5.74) is 3.44. The Labute approximate surface area is 115 Å². The maximum absolute atomic E-state index is 9.80. The van der Waals surface area contributed by atoms with Crippen molar-refractivity contribution in [1.29, 1.82) is 0 Å². The van der Waals surface area contributed by atoms with Gasteiger partial charge < -0.3 is 19.9 Å². The van der Waals surface area contributed by atoms with Crippen molar-refractivity contribution < 1.29 is 14.6 Å². The lowest BCUT2D eigenvalue weighted by Crippen LogP contribution is -2.26. The largest absolute Gasteiger partial charge is 0.389 e. The van der Waals surface area contributed by atoms with E-state index >= 15 is 0 Å². The molecule has 2 N–H and O–H groups in total. The monoisotopic (exact) mass is 267 g/mol. The van der Waals surface area contributed by atoms with E-state index in [1.165, 1.54) is 11.1 Å². The first-order chi connectivity index (χ1) is 9.13. The fourth-order valence-electron chi connectivity index (χ4n) is 1.69. The molecule has 0 saturated carbocycles. The van der Waals surface area contributed by atoms with Crippen molar-refractivity contribution in [2.75, 3.05) is 38.3 Å². The summed E-state index contributed by atoms with van der Waals surface area (Å²) in [6.45, 7) is 8.65. The Morgan fingerprint density at radius 3 is 2.68 bits per heavy atom. The molecule has 0 radical (unpaired) electrons. The molecular weight excluding hydrogens is 242 g/mol. The zero-order chi connectivity index (χ0) is 14.1. The van der Waals surface area contributed by atoms with E-state index in [9.17, 15) is 5.11 Å². The molecule has 0 fully saturated rings. The standard InChI is InChI=1S/C15H25NO3/c1-4-18-7-8-19-11-14(17)10-16-15-9-12(2)5-6-13(15)3/h5-6,9,14,16-17H,4,7-8,10-11H2,1-3H3. The Morgan fingerprint density at radius 1 is 1.21 bits per heavy atom. The molecule has 108 valence electrons. The molecule has 1 aromatic rings. The topological polar surface area (TPSA) is 50.7 Å². The van der Waals surface area contributed by atoms with E-state index in [1.807, 2.05) is 13.8 Å². The number of hydrogen-bond donors (Lipinski definition) is 2. The van der Waals surface area contributed by atoms with Gasteiger partial charge in [-0.05, 0) is 38.0 Å². The number of ether oxygens (including phenoxy) is 2. The lowest BCUT2D eigenvalue weighted by atomic mass is 10.1. The maximum Gasteiger partial charge on any atom is 0.0945 e. The number of nitrogens with one attached hydrogen (secondary N) is 1. The smallest absolute Gasteiger partial charge is 0.0945 e. The molecule has 0 aliphatic carbocycles. The van der Waals surface area contributed by atoms with Gasteiger partial charge in [-0.15, -0.1) is 0 Å². The third-order valence-corrected chi connectivity index (χ3v) is 2.81. The summed E-state index contributed by atoms with van der Waals surface area (Å²) < 4.78 is 10.5. The van der Waals surface area contributed by atoms with Crippen LogP contribution in [0.15, 0.2) is 18.2 Å². The summed E-state index contributed by atoms with van der Waals surface area (Å²) in [5, 5.41) is 13.0. The van der Waals surface area contributed by atoms with Crippen molar-refractivity contribution >= 4 is 5.69 Å². The van der Waals surface area contributed by atoms with Gasteiger partial charge in [0.1, 0.15) is 0 Å². The van der Waals surface area contributed by atoms with Crippen LogP contribution in [-0.4, -0.2) is 44.2 Å². The summed E-state index contributed by atoms with van der Waals surface area (Å²) in [6.07, 6.45) is -0.512. The van der Waals surface area contributed by atoms with Crippen LogP contribution in [-0.2, 0) is 9.47 Å². The first-order valence-electron chi connectivity index (χ1n) is 6.78. The fraction of sp³-hybridized carbons (Fsp3) is 0.600. The lowest BCUT2D eigenvalue weighted by Gasteiger charge is -2.15. The van der Waals surface area contributed by atoms with Gasteiger partial charge in [-0.2, -0.15) is 0 Å². The van der Waals surface area contributed by atoms with Gasteiger partial charge in [-0.25, -0.2) is 0 Å². The van der Waals surface area contributed by atoms with Gasteiger partial charge >= 0.3 is 0 Å². The highest BCUT2D eigenvalue weighted by Crippen LogP contribution is 2.16. The number of aryl methyl sites for hydroxylation is 2. The molecule has 0 aliphatic heterocycles. The fourth-order valence-corrected chi connectivity index (χ4v) is 1.69. The predicted octanol–water partition coefficient (Wildman–Crippen LogP) is 2.13. The highest BCUT2D eigenvalue weighted by atomic mass is 16.5. The number of rotatable bonds is 9. The Bertz CT molecular complexity index is 368. The molecule has 0 amide bonds. The Kier molecular flexibility index (Phi) is 7.48. The number of anilines is 1. The van der Waals surface area contributed by atoms with E-state index in [1.54, 1.807) is 0 Å². The van der Waals surface area contributed by atoms with Crippen LogP contribution in [0.25, 0.3) is 0 Å². The minimum absolute atomic E-state index is 0.324. The molecule has 4 heteroatoms. The van der Waals surface area contributed by atoms with Crippen molar-refractivity contribution in [3.05, 3.63) is 29.3 Å². The molecular formula is C15H25NO3. The van der Waals surface area contributed by atoms with Crippen LogP contribution >= 0.6 is 0 Å². The Balaban J connectivity index is 2.22. The molecule has 19 heavy (non-hydrogen) atoms. The van der Waals surface area contributed by atoms with Gasteiger partial charge in [-0.3, -0.25) is 0 Å². The van der Waals surface area contributed by atoms with Crippen LogP contribution in [0.3, 0.4) is 0 Å². The molecule has 1 unspecified atom stereocenters. The predicted molar refractivity (Wildman–Crippen MR) is 77.7 cm³/mol. The van der Waals surface area contributed by atoms with Crippen molar-refractivity contribution in [3.8, 4) is 0 Å². The number of aliphatic hydroxyl groups excluding tert-OH is 1. The van der Waals surface area contributed by atoms with Gasteiger partial charge in [0.25, 0.3) is 0 Å². The SMILES string of the molecule is CCOCCOCC(O)CNc1cc(C)ccc1C. The number of aliphatic hydroxyl groups is 1. The van der Waals surface area contributed by atoms with E-state index in [0.717, 1.165) is 5.69 Å². The summed E-state index contributed by atoms with van der Waals surface area (Å²) in [5.74, 6) is 0. The second-order valence-corrected chi connectivity index (χ2v) is 4.62. The molecule has 0 spiro atoms. The van der Waals surface area contributed by atoms with Gasteiger partial charge in [0, 0.05) is 18.8 Å². The summed E-state index contributed by atoms with van der Waals surface area (Å²) in [7, 11) is 0. The summed E-state index contributed by atoms with van der Waals surface area (Å²) in [6, 6.07) is 6.23. The molecule has 0 bridgehead atoms. The van der Waals surface area contributed by atoms with Gasteiger partial charge in [-0.1, -0.05) is 12.1 Å². The quantitative estimate of drug-likeness (QED) is 0.673. The molecule has 0 aliphatic rings. The second kappa shape index (κ2) is 8.91. The van der Waals surface area contributed by atoms with Crippen molar-refractivity contribution in [1.82, 2.24) is 0 Å². The average Bonchev–Trinajstić information content (AvgIpc) is 2.39. The normalized spacial score (nSPS) is 12.4. The van der Waals surface area contributed by atoms with E-state index < -0.39 is 6.10 Å². The Hall–Kier alpha value is -1.10. The lowest BCUT2D eigenvalue weighted by molar-refractivity contribution is 0.0103. The van der Waals surface area contributed by atoms with Crippen LogP contribution in [0.5, 0.6) is 0 Å². The Morgan fingerprint density at radius 2 is 1.95 bits per heavy atom. The minimum atomic E-state index is -0.512. The van der Waals surface area contributed by atoms with Gasteiger partial charge in [0.05, 0.1) is 25.9 Å². The molecule has 0 heterocycles. The summed E-state index contributed by atoms with van der Waals surface area (Å²) >= 11 is 0. The highest BCUT2D eigenvalue weighted by Gasteiger charge is 2.05. The first kappa shape index (κ1) is 16.0. The van der Waals surface area contributed by atoms with Crippen molar-refractivity contribution in [2.45, 2.75) is 26.9 Å². The summed E-state index contributed by atoms with van der Waals surface area (Å²) in [4.78, 5) is 0. The zero-order valence-electron chi connectivity index (χ0n) is 12.1. The molecule has 1 atom stereocenters. The number of benzene rings is 1. The maximum atomic E-state index is 9.80. The zero-order valence-corrected chi connectivity index (χ0v) is 12.1. The third-order valence-electron chi connectivity index (χ3n) is 2.81. The molecule has 1 aromatic carbocycles. The van der Waals surface area contributed by atoms with E-state index in [4.69, 9.17) is 9.47 Å². The average molecular weight is 267 g/mol. The van der Waals surface area contributed by atoms with E-state index in [2.05, 4.69) is 30.4 Å². The molecule has 4 nitrogen and oxygen atoms in total. The van der Waals surface area contributed by atoms with Crippen molar-refractivity contribution in [3.63, 3.8) is 0 Å². The van der Waals surface area contributed by atoms with Crippen LogP contribution < -0.4 is 5.32 Å². The van der Waals surface area contributed by atoms with Crippen LogP contribution in [0.2, 0.25) is 0 Å². The van der Waals surface area contributed by atoms with Crippen molar-refractivity contribution in [2.24, 2.45) is 0 Å². The second-order valence-electron chi connectivity index (χ2n) is 4.62. The minimum Gasteiger partial charge on any atom is -0.389 e. The molecule has 0 aromatic heterocycles. The molecule has 1 rings (SSSR count). The third kappa shape index (κ3) is 6.57. The first-order valence-corrected chi connectivity index (χ1v) is 6.78. The number of hydrogen-bond acceptors (Lipinski definition) is 4. The van der Waals surface area contributed by atoms with Gasteiger partial charge in [0.2, 0.25) is 0 Å². The van der Waals surface area contributed by atoms with Crippen LogP contribution in [0.1, 0.15) is 18.1 Å². The van der Waals surface area contributed by atoms with E-state index in [0.29, 0.717) is 33.0 Å².